The zero-order valence-corrected chi connectivity index (χ0v) is 9.40. The minimum atomic E-state index is -0.903. The van der Waals surface area contributed by atoms with Crippen LogP contribution in [0.5, 0.6) is 0 Å². The van der Waals surface area contributed by atoms with E-state index in [9.17, 15) is 13.6 Å². The van der Waals surface area contributed by atoms with Gasteiger partial charge < -0.3 is 9.64 Å². The van der Waals surface area contributed by atoms with E-state index in [-0.39, 0.29) is 25.3 Å². The first-order valence-corrected chi connectivity index (χ1v) is 5.37. The molecule has 0 aromatic heterocycles. The molecular weight excluding hydrogens is 242 g/mol. The van der Waals surface area contributed by atoms with Gasteiger partial charge in [-0.2, -0.15) is 5.26 Å². The van der Waals surface area contributed by atoms with E-state index < -0.39 is 23.6 Å². The summed E-state index contributed by atoms with van der Waals surface area (Å²) in [4.78, 5) is 13.3. The number of halogens is 2. The van der Waals surface area contributed by atoms with Crippen LogP contribution in [0.4, 0.5) is 8.78 Å². The predicted octanol–water partition coefficient (Wildman–Crippen LogP) is 1.33. The molecular formula is C12H10F2N2O2. The van der Waals surface area contributed by atoms with Crippen LogP contribution in [0.15, 0.2) is 18.2 Å². The Hall–Kier alpha value is -2.00. The first kappa shape index (κ1) is 12.5. The second kappa shape index (κ2) is 5.10. The molecule has 0 bridgehead atoms. The number of ether oxygens (including phenoxy) is 1. The Labute approximate surface area is 102 Å². The van der Waals surface area contributed by atoms with Crippen LogP contribution in [0, 0.1) is 23.0 Å². The molecule has 4 nitrogen and oxygen atoms in total. The SMILES string of the molecule is N#CC1CN(C(=O)c2ccc(F)cc2F)CCO1. The van der Waals surface area contributed by atoms with Crippen molar-refractivity contribution in [1.82, 2.24) is 4.90 Å². The Bertz CT molecular complexity index is 513. The average molecular weight is 252 g/mol. The van der Waals surface area contributed by atoms with Gasteiger partial charge in [-0.15, -0.1) is 0 Å². The molecule has 1 aliphatic rings. The highest BCUT2D eigenvalue weighted by Gasteiger charge is 2.26. The molecule has 94 valence electrons. The zero-order valence-electron chi connectivity index (χ0n) is 9.40. The lowest BCUT2D eigenvalue weighted by Gasteiger charge is -2.29. The fourth-order valence-corrected chi connectivity index (χ4v) is 1.75. The maximum absolute atomic E-state index is 13.5. The Kier molecular flexibility index (Phi) is 3.53. The third kappa shape index (κ3) is 2.46. The van der Waals surface area contributed by atoms with Crippen molar-refractivity contribution >= 4 is 5.91 Å². The van der Waals surface area contributed by atoms with Gasteiger partial charge in [0.15, 0.2) is 6.10 Å². The second-order valence-electron chi connectivity index (χ2n) is 3.86. The summed E-state index contributed by atoms with van der Waals surface area (Å²) in [6.45, 7) is 0.604. The second-order valence-corrected chi connectivity index (χ2v) is 3.86. The van der Waals surface area contributed by atoms with Crippen molar-refractivity contribution in [3.63, 3.8) is 0 Å². The molecule has 0 spiro atoms. The topological polar surface area (TPSA) is 53.3 Å². The minimum absolute atomic E-state index is 0.0894. The lowest BCUT2D eigenvalue weighted by Crippen LogP contribution is -2.45. The van der Waals surface area contributed by atoms with E-state index in [0.29, 0.717) is 6.07 Å². The number of nitriles is 1. The van der Waals surface area contributed by atoms with Crippen LogP contribution in [0.2, 0.25) is 0 Å². The van der Waals surface area contributed by atoms with E-state index in [0.717, 1.165) is 12.1 Å². The Morgan fingerprint density at radius 2 is 2.28 bits per heavy atom. The van der Waals surface area contributed by atoms with Gasteiger partial charge in [0.25, 0.3) is 5.91 Å². The van der Waals surface area contributed by atoms with E-state index in [1.807, 2.05) is 6.07 Å². The van der Waals surface area contributed by atoms with Crippen LogP contribution in [0.25, 0.3) is 0 Å². The molecule has 18 heavy (non-hydrogen) atoms. The maximum Gasteiger partial charge on any atom is 0.257 e. The third-order valence-electron chi connectivity index (χ3n) is 2.66. The van der Waals surface area contributed by atoms with E-state index in [1.54, 1.807) is 0 Å². The quantitative estimate of drug-likeness (QED) is 0.757. The van der Waals surface area contributed by atoms with Gasteiger partial charge in [0.1, 0.15) is 11.6 Å². The highest BCUT2D eigenvalue weighted by molar-refractivity contribution is 5.94. The molecule has 0 saturated carbocycles. The van der Waals surface area contributed by atoms with Gasteiger partial charge in [0.05, 0.1) is 24.8 Å². The molecule has 1 aromatic rings. The van der Waals surface area contributed by atoms with Crippen molar-refractivity contribution in [2.75, 3.05) is 19.7 Å². The molecule has 1 heterocycles. The van der Waals surface area contributed by atoms with E-state index in [2.05, 4.69) is 0 Å². The van der Waals surface area contributed by atoms with Crippen molar-refractivity contribution in [2.24, 2.45) is 0 Å². The summed E-state index contributed by atoms with van der Waals surface area (Å²) in [5.74, 6) is -2.20. The first-order chi connectivity index (χ1) is 8.61. The van der Waals surface area contributed by atoms with Crippen molar-refractivity contribution in [3.8, 4) is 6.07 Å². The molecule has 1 aliphatic heterocycles. The zero-order chi connectivity index (χ0) is 13.1. The molecule has 0 radical (unpaired) electrons. The van der Waals surface area contributed by atoms with E-state index >= 15 is 0 Å². The maximum atomic E-state index is 13.5. The van der Waals surface area contributed by atoms with Crippen LogP contribution in [0.3, 0.4) is 0 Å². The number of hydrogen-bond acceptors (Lipinski definition) is 3. The average Bonchev–Trinajstić information content (AvgIpc) is 2.38. The van der Waals surface area contributed by atoms with Crippen molar-refractivity contribution in [3.05, 3.63) is 35.4 Å². The van der Waals surface area contributed by atoms with Crippen LogP contribution >= 0.6 is 0 Å². The molecule has 1 atom stereocenters. The number of amides is 1. The first-order valence-electron chi connectivity index (χ1n) is 5.37. The van der Waals surface area contributed by atoms with Crippen LogP contribution in [-0.2, 0) is 4.74 Å². The number of morpholine rings is 1. The highest BCUT2D eigenvalue weighted by Crippen LogP contribution is 2.14. The van der Waals surface area contributed by atoms with Gasteiger partial charge in [-0.05, 0) is 12.1 Å². The van der Waals surface area contributed by atoms with E-state index in [1.165, 1.54) is 4.90 Å². The fraction of sp³-hybridized carbons (Fsp3) is 0.333. The summed E-state index contributed by atoms with van der Waals surface area (Å²) in [5, 5.41) is 8.72. The minimum Gasteiger partial charge on any atom is -0.360 e. The number of nitrogens with zero attached hydrogens (tertiary/aromatic N) is 2. The lowest BCUT2D eigenvalue weighted by molar-refractivity contribution is 0.00325. The molecule has 1 aromatic carbocycles. The largest absolute Gasteiger partial charge is 0.360 e. The highest BCUT2D eigenvalue weighted by atomic mass is 19.1. The van der Waals surface area contributed by atoms with Gasteiger partial charge in [0.2, 0.25) is 0 Å². The number of hydrogen-bond donors (Lipinski definition) is 0. The molecule has 0 aliphatic carbocycles. The number of rotatable bonds is 1. The van der Waals surface area contributed by atoms with Gasteiger partial charge in [-0.3, -0.25) is 4.79 Å². The van der Waals surface area contributed by atoms with Crippen molar-refractivity contribution in [2.45, 2.75) is 6.10 Å². The number of carbonyl (C=O) groups is 1. The Morgan fingerprint density at radius 1 is 1.50 bits per heavy atom. The molecule has 1 saturated heterocycles. The Balaban J connectivity index is 2.18. The van der Waals surface area contributed by atoms with E-state index in [4.69, 9.17) is 10.00 Å². The number of benzene rings is 1. The predicted molar refractivity (Wildman–Crippen MR) is 57.6 cm³/mol. The van der Waals surface area contributed by atoms with Crippen LogP contribution < -0.4 is 0 Å². The smallest absolute Gasteiger partial charge is 0.257 e. The van der Waals surface area contributed by atoms with Crippen LogP contribution in [0.1, 0.15) is 10.4 Å². The normalized spacial score (nSPS) is 19.4. The van der Waals surface area contributed by atoms with Gasteiger partial charge in [0, 0.05) is 12.6 Å². The van der Waals surface area contributed by atoms with Gasteiger partial charge in [-0.1, -0.05) is 0 Å². The monoisotopic (exact) mass is 252 g/mol. The molecule has 1 amide bonds. The standard InChI is InChI=1S/C12H10F2N2O2/c13-8-1-2-10(11(14)5-8)12(17)16-3-4-18-9(6-15)7-16/h1-2,5,9H,3-4,7H2. The fourth-order valence-electron chi connectivity index (χ4n) is 1.75. The van der Waals surface area contributed by atoms with Crippen LogP contribution in [-0.4, -0.2) is 36.6 Å². The van der Waals surface area contributed by atoms with Gasteiger partial charge >= 0.3 is 0 Å². The summed E-state index contributed by atoms with van der Waals surface area (Å²) in [6, 6.07) is 4.68. The summed E-state index contributed by atoms with van der Waals surface area (Å²) >= 11 is 0. The van der Waals surface area contributed by atoms with Crippen molar-refractivity contribution in [1.29, 1.82) is 5.26 Å². The number of carbonyl (C=O) groups excluding carboxylic acids is 1. The summed E-state index contributed by atoms with van der Waals surface area (Å²) < 4.78 is 31.3. The summed E-state index contributed by atoms with van der Waals surface area (Å²) in [7, 11) is 0. The summed E-state index contributed by atoms with van der Waals surface area (Å²) in [5.41, 5.74) is -0.199. The summed E-state index contributed by atoms with van der Waals surface area (Å²) in [6.07, 6.45) is -0.703. The third-order valence-corrected chi connectivity index (χ3v) is 2.66. The lowest BCUT2D eigenvalue weighted by atomic mass is 10.1. The molecule has 1 unspecified atom stereocenters. The molecule has 0 N–H and O–H groups in total. The van der Waals surface area contributed by atoms with Crippen molar-refractivity contribution < 1.29 is 18.3 Å². The Morgan fingerprint density at radius 3 is 2.94 bits per heavy atom. The molecule has 2 rings (SSSR count). The molecule has 6 heteroatoms. The molecule has 1 fully saturated rings. The van der Waals surface area contributed by atoms with Gasteiger partial charge in [-0.25, -0.2) is 8.78 Å².